The minimum absolute atomic E-state index is 0.397. The molecule has 5 heteroatoms. The summed E-state index contributed by atoms with van der Waals surface area (Å²) in [6.07, 6.45) is -2.20. The summed E-state index contributed by atoms with van der Waals surface area (Å²) in [6.45, 7) is 3.39. The molecule has 1 atom stereocenters. The Kier molecular flexibility index (Phi) is 3.81. The number of hydrogen-bond acceptors (Lipinski definition) is 2. The van der Waals surface area contributed by atoms with Crippen molar-refractivity contribution in [3.63, 3.8) is 0 Å². The summed E-state index contributed by atoms with van der Waals surface area (Å²) in [7, 11) is 0. The van der Waals surface area contributed by atoms with Crippen LogP contribution in [0.15, 0.2) is 36.7 Å². The van der Waals surface area contributed by atoms with Crippen molar-refractivity contribution in [3.8, 4) is 0 Å². The molecule has 2 rings (SSSR count). The maximum atomic E-state index is 12.6. The highest BCUT2D eigenvalue weighted by Gasteiger charge is 2.31. The van der Waals surface area contributed by atoms with Crippen LogP contribution in [0.3, 0.4) is 0 Å². The molecule has 0 aliphatic carbocycles. The molecule has 0 bridgehead atoms. The number of nitrogens with zero attached hydrogens (tertiary/aromatic N) is 1. The lowest BCUT2D eigenvalue weighted by Crippen LogP contribution is -2.08. The van der Waals surface area contributed by atoms with Gasteiger partial charge in [0, 0.05) is 18.0 Å². The van der Waals surface area contributed by atoms with Crippen molar-refractivity contribution in [3.05, 3.63) is 64.5 Å². The molecular weight excluding hydrogens is 267 g/mol. The molecule has 1 N–H and O–H groups in total. The van der Waals surface area contributed by atoms with E-state index in [1.54, 1.807) is 19.2 Å². The van der Waals surface area contributed by atoms with E-state index in [9.17, 15) is 18.3 Å². The van der Waals surface area contributed by atoms with E-state index in [-0.39, 0.29) is 0 Å². The van der Waals surface area contributed by atoms with E-state index in [4.69, 9.17) is 0 Å². The second-order valence-electron chi connectivity index (χ2n) is 4.77. The number of rotatable bonds is 2. The predicted octanol–water partition coefficient (Wildman–Crippen LogP) is 3.80. The van der Waals surface area contributed by atoms with Crippen molar-refractivity contribution >= 4 is 0 Å². The Morgan fingerprint density at radius 2 is 1.80 bits per heavy atom. The molecule has 2 aromatic rings. The van der Waals surface area contributed by atoms with E-state index in [0.717, 1.165) is 17.7 Å². The standard InChI is InChI=1S/C15H14F3NO/c1-9-5-11(8-19-7-9)14(20)13-4-3-12(6-10(13)2)15(16,17)18/h3-8,14,20H,1-2H3. The molecule has 0 saturated carbocycles. The molecule has 0 amide bonds. The summed E-state index contributed by atoms with van der Waals surface area (Å²) in [5.41, 5.74) is 1.58. The van der Waals surface area contributed by atoms with Crippen LogP contribution in [0, 0.1) is 13.8 Å². The van der Waals surface area contributed by atoms with Gasteiger partial charge in [0.15, 0.2) is 0 Å². The van der Waals surface area contributed by atoms with Gasteiger partial charge in [-0.05, 0) is 42.7 Å². The highest BCUT2D eigenvalue weighted by Crippen LogP contribution is 2.33. The van der Waals surface area contributed by atoms with Gasteiger partial charge in [0.1, 0.15) is 6.10 Å². The maximum absolute atomic E-state index is 12.6. The van der Waals surface area contributed by atoms with E-state index < -0.39 is 17.8 Å². The molecular formula is C15H14F3NO. The summed E-state index contributed by atoms with van der Waals surface area (Å²) in [4.78, 5) is 3.98. The van der Waals surface area contributed by atoms with E-state index >= 15 is 0 Å². The van der Waals surface area contributed by atoms with Crippen molar-refractivity contribution in [1.29, 1.82) is 0 Å². The summed E-state index contributed by atoms with van der Waals surface area (Å²) in [5, 5.41) is 10.3. The van der Waals surface area contributed by atoms with E-state index in [0.29, 0.717) is 16.7 Å². The SMILES string of the molecule is Cc1cncc(C(O)c2ccc(C(F)(F)F)cc2C)c1. The molecule has 2 nitrogen and oxygen atoms in total. The zero-order valence-corrected chi connectivity index (χ0v) is 11.1. The number of aromatic nitrogens is 1. The molecule has 0 radical (unpaired) electrons. The molecule has 1 heterocycles. The molecule has 1 aromatic heterocycles. The summed E-state index contributed by atoms with van der Waals surface area (Å²) in [5.74, 6) is 0. The molecule has 20 heavy (non-hydrogen) atoms. The van der Waals surface area contributed by atoms with Gasteiger partial charge >= 0.3 is 6.18 Å². The summed E-state index contributed by atoms with van der Waals surface area (Å²) in [6, 6.07) is 5.09. The van der Waals surface area contributed by atoms with E-state index in [1.165, 1.54) is 12.3 Å². The molecule has 0 spiro atoms. The van der Waals surface area contributed by atoms with Crippen LogP contribution in [0.5, 0.6) is 0 Å². The second kappa shape index (κ2) is 5.25. The van der Waals surface area contributed by atoms with Crippen LogP contribution >= 0.6 is 0 Å². The van der Waals surface area contributed by atoms with Crippen LogP contribution in [0.2, 0.25) is 0 Å². The van der Waals surface area contributed by atoms with Gasteiger partial charge in [0.2, 0.25) is 0 Å². The first kappa shape index (κ1) is 14.5. The lowest BCUT2D eigenvalue weighted by molar-refractivity contribution is -0.137. The highest BCUT2D eigenvalue weighted by molar-refractivity contribution is 5.38. The molecule has 0 saturated heterocycles. The molecule has 0 aliphatic rings. The third kappa shape index (κ3) is 2.99. The molecule has 106 valence electrons. The summed E-state index contributed by atoms with van der Waals surface area (Å²) < 4.78 is 37.8. The first-order chi connectivity index (χ1) is 9.29. The number of aliphatic hydroxyl groups is 1. The lowest BCUT2D eigenvalue weighted by Gasteiger charge is -2.16. The first-order valence-corrected chi connectivity index (χ1v) is 6.06. The number of aliphatic hydroxyl groups excluding tert-OH is 1. The van der Waals surface area contributed by atoms with Crippen LogP contribution in [-0.2, 0) is 6.18 Å². The number of aryl methyl sites for hydroxylation is 2. The van der Waals surface area contributed by atoms with Crippen LogP contribution < -0.4 is 0 Å². The van der Waals surface area contributed by atoms with Gasteiger partial charge in [-0.15, -0.1) is 0 Å². The Morgan fingerprint density at radius 1 is 1.10 bits per heavy atom. The third-order valence-corrected chi connectivity index (χ3v) is 3.10. The van der Waals surface area contributed by atoms with Gasteiger partial charge in [0.25, 0.3) is 0 Å². The Morgan fingerprint density at radius 3 is 2.35 bits per heavy atom. The average Bonchev–Trinajstić information content (AvgIpc) is 2.36. The normalized spacial score (nSPS) is 13.3. The van der Waals surface area contributed by atoms with Crippen LogP contribution in [0.4, 0.5) is 13.2 Å². The van der Waals surface area contributed by atoms with Gasteiger partial charge in [-0.1, -0.05) is 12.1 Å². The van der Waals surface area contributed by atoms with Crippen molar-refractivity contribution < 1.29 is 18.3 Å². The molecule has 1 aromatic carbocycles. The van der Waals surface area contributed by atoms with E-state index in [1.807, 2.05) is 6.92 Å². The molecule has 0 aliphatic heterocycles. The number of pyridine rings is 1. The lowest BCUT2D eigenvalue weighted by atomic mass is 9.96. The minimum atomic E-state index is -4.38. The zero-order chi connectivity index (χ0) is 14.9. The van der Waals surface area contributed by atoms with Gasteiger partial charge in [-0.25, -0.2) is 0 Å². The monoisotopic (exact) mass is 281 g/mol. The average molecular weight is 281 g/mol. The molecule has 0 fully saturated rings. The molecule has 1 unspecified atom stereocenters. The quantitative estimate of drug-likeness (QED) is 0.908. The van der Waals surface area contributed by atoms with Gasteiger partial charge < -0.3 is 5.11 Å². The van der Waals surface area contributed by atoms with Crippen LogP contribution in [-0.4, -0.2) is 10.1 Å². The van der Waals surface area contributed by atoms with Gasteiger partial charge in [0.05, 0.1) is 5.56 Å². The number of halogens is 3. The number of hydrogen-bond donors (Lipinski definition) is 1. The van der Waals surface area contributed by atoms with E-state index in [2.05, 4.69) is 4.98 Å². The fourth-order valence-corrected chi connectivity index (χ4v) is 2.07. The fraction of sp³-hybridized carbons (Fsp3) is 0.267. The Bertz CT molecular complexity index is 623. The summed E-state index contributed by atoms with van der Waals surface area (Å²) >= 11 is 0. The highest BCUT2D eigenvalue weighted by atomic mass is 19.4. The predicted molar refractivity (Wildman–Crippen MR) is 69.2 cm³/mol. The Hall–Kier alpha value is -1.88. The fourth-order valence-electron chi connectivity index (χ4n) is 2.07. The Labute approximate surface area is 114 Å². The first-order valence-electron chi connectivity index (χ1n) is 6.06. The second-order valence-corrected chi connectivity index (χ2v) is 4.77. The zero-order valence-electron chi connectivity index (χ0n) is 11.1. The minimum Gasteiger partial charge on any atom is -0.384 e. The smallest absolute Gasteiger partial charge is 0.384 e. The maximum Gasteiger partial charge on any atom is 0.416 e. The van der Waals surface area contributed by atoms with Crippen molar-refractivity contribution in [2.45, 2.75) is 26.1 Å². The largest absolute Gasteiger partial charge is 0.416 e. The van der Waals surface area contributed by atoms with Crippen LogP contribution in [0.25, 0.3) is 0 Å². The van der Waals surface area contributed by atoms with Crippen molar-refractivity contribution in [2.24, 2.45) is 0 Å². The Balaban J connectivity index is 2.38. The number of benzene rings is 1. The van der Waals surface area contributed by atoms with Crippen LogP contribution in [0.1, 0.15) is 33.9 Å². The van der Waals surface area contributed by atoms with Gasteiger partial charge in [-0.3, -0.25) is 4.98 Å². The number of alkyl halides is 3. The van der Waals surface area contributed by atoms with Crippen molar-refractivity contribution in [1.82, 2.24) is 4.98 Å². The van der Waals surface area contributed by atoms with Gasteiger partial charge in [-0.2, -0.15) is 13.2 Å². The third-order valence-electron chi connectivity index (χ3n) is 3.10. The van der Waals surface area contributed by atoms with Crippen molar-refractivity contribution in [2.75, 3.05) is 0 Å². The topological polar surface area (TPSA) is 33.1 Å².